The number of aromatic amines is 1. The summed E-state index contributed by atoms with van der Waals surface area (Å²) in [5.74, 6) is 0. The Balaban J connectivity index is 2.00. The maximum Gasteiger partial charge on any atom is 0.434 e. The molecule has 0 amide bonds. The van der Waals surface area contributed by atoms with Gasteiger partial charge in [-0.05, 0) is 17.6 Å². The minimum atomic E-state index is -4.72. The summed E-state index contributed by atoms with van der Waals surface area (Å²) in [4.78, 5) is 2.77. The van der Waals surface area contributed by atoms with Crippen LogP contribution in [0.2, 0.25) is 0 Å². The fourth-order valence-electron chi connectivity index (χ4n) is 2.05. The second kappa shape index (κ2) is 5.50. The largest absolute Gasteiger partial charge is 0.434 e. The van der Waals surface area contributed by atoms with E-state index in [1.807, 2.05) is 6.07 Å². The number of halogens is 3. The number of hydrogen-bond donors (Lipinski definition) is 2. The Morgan fingerprint density at radius 2 is 2.08 bits per heavy atom. The van der Waals surface area contributed by atoms with Crippen LogP contribution in [0.1, 0.15) is 11.3 Å². The van der Waals surface area contributed by atoms with E-state index >= 15 is 0 Å². The van der Waals surface area contributed by atoms with Gasteiger partial charge in [-0.3, -0.25) is 4.72 Å². The van der Waals surface area contributed by atoms with Crippen LogP contribution < -0.4 is 4.72 Å². The minimum absolute atomic E-state index is 0.121. The molecule has 2 N–H and O–H groups in total. The molecule has 0 aliphatic rings. The second-order valence-electron chi connectivity index (χ2n) is 4.68. The number of H-pyrrole nitrogens is 1. The van der Waals surface area contributed by atoms with Gasteiger partial charge in [0.15, 0.2) is 9.90 Å². The molecule has 2 aromatic heterocycles. The topological polar surface area (TPSA) is 98.6 Å². The summed E-state index contributed by atoms with van der Waals surface area (Å²) in [5, 5.41) is 9.48. The summed E-state index contributed by atoms with van der Waals surface area (Å²) in [6.45, 7) is 0. The summed E-state index contributed by atoms with van der Waals surface area (Å²) in [6.07, 6.45) is -3.30. The van der Waals surface area contributed by atoms with Crippen molar-refractivity contribution in [3.8, 4) is 6.07 Å². The van der Waals surface area contributed by atoms with E-state index in [-0.39, 0.29) is 17.2 Å². The number of sulfonamides is 1. The lowest BCUT2D eigenvalue weighted by Crippen LogP contribution is -2.12. The summed E-state index contributed by atoms with van der Waals surface area (Å²) in [5.41, 5.74) is -0.463. The van der Waals surface area contributed by atoms with Crippen molar-refractivity contribution in [1.82, 2.24) is 9.36 Å². The van der Waals surface area contributed by atoms with Crippen molar-refractivity contribution < 1.29 is 21.6 Å². The predicted molar refractivity (Wildman–Crippen MR) is 80.9 cm³/mol. The summed E-state index contributed by atoms with van der Waals surface area (Å²) in [7, 11) is -4.24. The average molecular weight is 372 g/mol. The molecule has 0 bridgehead atoms. The molecule has 0 atom stereocenters. The van der Waals surface area contributed by atoms with Gasteiger partial charge in [-0.2, -0.15) is 22.8 Å². The van der Waals surface area contributed by atoms with Crippen LogP contribution in [0.4, 0.5) is 18.9 Å². The zero-order valence-corrected chi connectivity index (χ0v) is 13.2. The molecule has 0 aliphatic carbocycles. The van der Waals surface area contributed by atoms with E-state index in [1.165, 1.54) is 18.3 Å². The van der Waals surface area contributed by atoms with Crippen LogP contribution in [0.15, 0.2) is 34.7 Å². The quantitative estimate of drug-likeness (QED) is 0.737. The van der Waals surface area contributed by atoms with E-state index in [0.717, 1.165) is 0 Å². The molecule has 1 aromatic carbocycles. The number of hydrogen-bond acceptors (Lipinski definition) is 5. The van der Waals surface area contributed by atoms with Crippen molar-refractivity contribution >= 4 is 38.1 Å². The van der Waals surface area contributed by atoms with Crippen molar-refractivity contribution in [2.24, 2.45) is 0 Å². The van der Waals surface area contributed by atoms with E-state index in [9.17, 15) is 21.6 Å². The van der Waals surface area contributed by atoms with Crippen LogP contribution in [0.3, 0.4) is 0 Å². The van der Waals surface area contributed by atoms with Gasteiger partial charge >= 0.3 is 6.18 Å². The van der Waals surface area contributed by atoms with Gasteiger partial charge in [0.2, 0.25) is 0 Å². The molecule has 2 heterocycles. The Bertz CT molecular complexity index is 1060. The molecule has 0 spiro atoms. The van der Waals surface area contributed by atoms with Gasteiger partial charge in [0.05, 0.1) is 16.8 Å². The molecular formula is C13H7F3N4O2S2. The van der Waals surface area contributed by atoms with E-state index in [4.69, 9.17) is 5.26 Å². The molecule has 0 saturated carbocycles. The normalized spacial score (nSPS) is 12.2. The summed E-state index contributed by atoms with van der Waals surface area (Å²) >= 11 is 0.235. The zero-order chi connectivity index (χ0) is 17.5. The Morgan fingerprint density at radius 1 is 1.33 bits per heavy atom. The van der Waals surface area contributed by atoms with Crippen molar-refractivity contribution in [2.75, 3.05) is 4.72 Å². The highest BCUT2D eigenvalue weighted by Gasteiger charge is 2.35. The predicted octanol–water partition coefficient (Wildman–Crippen LogP) is 3.32. The molecule has 6 nitrogen and oxygen atoms in total. The number of aromatic nitrogens is 2. The Hall–Kier alpha value is -2.58. The first-order chi connectivity index (χ1) is 11.2. The molecule has 0 unspecified atom stereocenters. The van der Waals surface area contributed by atoms with Gasteiger partial charge in [-0.25, -0.2) is 8.42 Å². The highest BCUT2D eigenvalue weighted by atomic mass is 32.2. The Kier molecular flexibility index (Phi) is 3.73. The van der Waals surface area contributed by atoms with Crippen molar-refractivity contribution in [3.63, 3.8) is 0 Å². The van der Waals surface area contributed by atoms with Crippen LogP contribution in [0.5, 0.6) is 0 Å². The van der Waals surface area contributed by atoms with Crippen LogP contribution in [0, 0.1) is 11.3 Å². The second-order valence-corrected chi connectivity index (χ2v) is 7.39. The number of rotatable bonds is 3. The maximum atomic E-state index is 12.6. The molecular weight excluding hydrogens is 365 g/mol. The third-order valence-electron chi connectivity index (χ3n) is 3.12. The van der Waals surface area contributed by atoms with Crippen molar-refractivity contribution in [3.05, 3.63) is 41.7 Å². The highest BCUT2D eigenvalue weighted by Crippen LogP contribution is 2.33. The van der Waals surface area contributed by atoms with Gasteiger partial charge in [-0.15, -0.1) is 0 Å². The van der Waals surface area contributed by atoms with Crippen molar-refractivity contribution in [1.29, 1.82) is 5.26 Å². The highest BCUT2D eigenvalue weighted by molar-refractivity contribution is 7.94. The van der Waals surface area contributed by atoms with Gasteiger partial charge in [0, 0.05) is 17.6 Å². The number of nitrogens with one attached hydrogen (secondary N) is 2. The number of nitrogens with zero attached hydrogens (tertiary/aromatic N) is 2. The average Bonchev–Trinajstić information content (AvgIpc) is 3.14. The van der Waals surface area contributed by atoms with Gasteiger partial charge < -0.3 is 4.98 Å². The molecule has 0 fully saturated rings. The molecule has 124 valence electrons. The Morgan fingerprint density at radius 3 is 2.71 bits per heavy atom. The maximum absolute atomic E-state index is 12.6. The van der Waals surface area contributed by atoms with Gasteiger partial charge in [0.1, 0.15) is 6.07 Å². The number of anilines is 1. The molecule has 3 aromatic rings. The lowest BCUT2D eigenvalue weighted by atomic mass is 10.2. The first-order valence-electron chi connectivity index (χ1n) is 6.29. The number of para-hydroxylation sites is 1. The summed E-state index contributed by atoms with van der Waals surface area (Å²) < 4.78 is 67.0. The lowest BCUT2D eigenvalue weighted by molar-refractivity contribution is -0.140. The fourth-order valence-corrected chi connectivity index (χ4v) is 4.01. The van der Waals surface area contributed by atoms with E-state index in [1.54, 1.807) is 6.07 Å². The third kappa shape index (κ3) is 2.81. The molecule has 0 radical (unpaired) electrons. The van der Waals surface area contributed by atoms with Crippen molar-refractivity contribution in [2.45, 2.75) is 10.4 Å². The first kappa shape index (κ1) is 16.3. The van der Waals surface area contributed by atoms with Crippen LogP contribution >= 0.6 is 11.5 Å². The van der Waals surface area contributed by atoms with E-state index < -0.39 is 26.1 Å². The lowest BCUT2D eigenvalue weighted by Gasteiger charge is -2.07. The molecule has 0 saturated heterocycles. The first-order valence-corrected chi connectivity index (χ1v) is 8.55. The van der Waals surface area contributed by atoms with Crippen LogP contribution in [-0.2, 0) is 16.2 Å². The molecule has 11 heteroatoms. The smallest absolute Gasteiger partial charge is 0.358 e. The number of fused-ring (bicyclic) bond motifs is 1. The van der Waals surface area contributed by atoms with E-state index in [2.05, 4.69) is 14.1 Å². The number of benzene rings is 1. The van der Waals surface area contributed by atoms with Crippen LogP contribution in [0.25, 0.3) is 10.9 Å². The standard InChI is InChI=1S/C13H7F3N4O2S2/c14-13(15,16)10-4-11(23-19-10)24(21,22)20-9-3-1-2-8-7(5-17)6-18-12(8)9/h1-4,6,18,20H. The molecule has 3 rings (SSSR count). The SMILES string of the molecule is N#Cc1c[nH]c2c(NS(=O)(=O)c3cc(C(F)(F)F)ns3)cccc12. The minimum Gasteiger partial charge on any atom is -0.358 e. The monoisotopic (exact) mass is 372 g/mol. The van der Waals surface area contributed by atoms with Gasteiger partial charge in [-0.1, -0.05) is 12.1 Å². The zero-order valence-electron chi connectivity index (χ0n) is 11.5. The number of nitriles is 1. The van der Waals surface area contributed by atoms with E-state index in [0.29, 0.717) is 22.5 Å². The van der Waals surface area contributed by atoms with Gasteiger partial charge in [0.25, 0.3) is 10.0 Å². The molecule has 0 aliphatic heterocycles. The summed E-state index contributed by atoms with van der Waals surface area (Å²) in [6, 6.07) is 7.01. The fraction of sp³-hybridized carbons (Fsp3) is 0.0769. The number of alkyl halides is 3. The third-order valence-corrected chi connectivity index (χ3v) is 5.73. The molecule has 24 heavy (non-hydrogen) atoms. The Labute approximate surface area is 137 Å². The van der Waals surface area contributed by atoms with Crippen LogP contribution in [-0.4, -0.2) is 17.8 Å².